The number of halogens is 3. The molecule has 22 heavy (non-hydrogen) atoms. The van der Waals surface area contributed by atoms with Crippen LogP contribution in [0.25, 0.3) is 0 Å². The summed E-state index contributed by atoms with van der Waals surface area (Å²) >= 11 is 0. The van der Waals surface area contributed by atoms with Crippen LogP contribution >= 0.6 is 0 Å². The fourth-order valence-corrected chi connectivity index (χ4v) is 1.94. The van der Waals surface area contributed by atoms with Crippen molar-refractivity contribution in [3.63, 3.8) is 0 Å². The highest BCUT2D eigenvalue weighted by Crippen LogP contribution is 2.30. The third-order valence-electron chi connectivity index (χ3n) is 3.08. The number of benzene rings is 1. The average Bonchev–Trinajstić information content (AvgIpc) is 2.78. The smallest absolute Gasteiger partial charge is 0.392 e. The van der Waals surface area contributed by atoms with Crippen molar-refractivity contribution in [2.24, 2.45) is 0 Å². The van der Waals surface area contributed by atoms with Crippen molar-refractivity contribution in [1.29, 1.82) is 0 Å². The predicted octanol–water partition coefficient (Wildman–Crippen LogP) is 2.54. The fraction of sp³-hybridized carbons (Fsp3) is 0.429. The van der Waals surface area contributed by atoms with E-state index in [1.54, 1.807) is 0 Å². The molecule has 0 spiro atoms. The third kappa shape index (κ3) is 3.76. The van der Waals surface area contributed by atoms with Crippen LogP contribution in [0.1, 0.15) is 36.5 Å². The molecule has 1 atom stereocenters. The van der Waals surface area contributed by atoms with Crippen LogP contribution in [0.15, 0.2) is 33.5 Å². The maximum atomic E-state index is 12.5. The topological polar surface area (TPSA) is 68.3 Å². The van der Waals surface area contributed by atoms with E-state index >= 15 is 0 Å². The molecular weight excluding hydrogens is 301 g/mol. The van der Waals surface area contributed by atoms with E-state index in [1.807, 2.05) is 6.92 Å². The molecule has 0 aliphatic rings. The zero-order valence-corrected chi connectivity index (χ0v) is 11.8. The van der Waals surface area contributed by atoms with Gasteiger partial charge in [-0.1, -0.05) is 19.1 Å². The summed E-state index contributed by atoms with van der Waals surface area (Å²) in [6.07, 6.45) is -4.33. The Kier molecular flexibility index (Phi) is 4.70. The zero-order chi connectivity index (χ0) is 16.3. The number of aromatic nitrogens is 2. The first-order valence-electron chi connectivity index (χ1n) is 6.73. The van der Waals surface area contributed by atoms with E-state index in [9.17, 15) is 23.1 Å². The van der Waals surface area contributed by atoms with Gasteiger partial charge in [0.15, 0.2) is 0 Å². The predicted molar refractivity (Wildman–Crippen MR) is 71.2 cm³/mol. The molecule has 2 rings (SSSR count). The lowest BCUT2D eigenvalue weighted by Gasteiger charge is -2.12. The van der Waals surface area contributed by atoms with Crippen LogP contribution in [0.5, 0.6) is 0 Å². The lowest BCUT2D eigenvalue weighted by molar-refractivity contribution is -0.137. The average molecular weight is 316 g/mol. The molecular formula is C14H15F3N2O3. The van der Waals surface area contributed by atoms with Crippen molar-refractivity contribution in [3.8, 4) is 0 Å². The number of nitrogens with zero attached hydrogens (tertiary/aromatic N) is 2. The lowest BCUT2D eigenvalue weighted by Crippen LogP contribution is -2.20. The molecule has 0 fully saturated rings. The Morgan fingerprint density at radius 1 is 1.32 bits per heavy atom. The maximum absolute atomic E-state index is 12.5. The Labute approximate surface area is 124 Å². The largest absolute Gasteiger partial charge is 0.437 e. The van der Waals surface area contributed by atoms with Gasteiger partial charge >= 0.3 is 11.9 Å². The Bertz CT molecular complexity index is 674. The molecule has 0 aliphatic carbocycles. The van der Waals surface area contributed by atoms with E-state index in [-0.39, 0.29) is 18.0 Å². The highest BCUT2D eigenvalue weighted by atomic mass is 19.4. The van der Waals surface area contributed by atoms with Gasteiger partial charge in [0.2, 0.25) is 5.89 Å². The van der Waals surface area contributed by atoms with Crippen molar-refractivity contribution in [2.45, 2.75) is 38.6 Å². The number of hydrogen-bond acceptors (Lipinski definition) is 4. The Hall–Kier alpha value is -2.09. The van der Waals surface area contributed by atoms with Crippen molar-refractivity contribution in [1.82, 2.24) is 9.78 Å². The van der Waals surface area contributed by atoms with Gasteiger partial charge < -0.3 is 9.52 Å². The molecule has 2 aromatic rings. The summed E-state index contributed by atoms with van der Waals surface area (Å²) in [5.41, 5.74) is -0.535. The summed E-state index contributed by atoms with van der Waals surface area (Å²) in [4.78, 5) is 11.5. The molecule has 0 bridgehead atoms. The standard InChI is InChI=1S/C14H15F3N2O3/c1-2-3-12-18-19(13(21)22-12)8-11(20)9-4-6-10(7-5-9)14(15,16)17/h4-7,11,20H,2-3,8H2,1H3. The quantitative estimate of drug-likeness (QED) is 0.920. The van der Waals surface area contributed by atoms with Gasteiger partial charge in [0.05, 0.1) is 18.2 Å². The number of rotatable bonds is 5. The van der Waals surface area contributed by atoms with Crippen molar-refractivity contribution < 1.29 is 22.7 Å². The highest BCUT2D eigenvalue weighted by Gasteiger charge is 2.30. The Balaban J connectivity index is 2.12. The second-order valence-electron chi connectivity index (χ2n) is 4.83. The van der Waals surface area contributed by atoms with Crippen LogP contribution < -0.4 is 5.76 Å². The van der Waals surface area contributed by atoms with E-state index in [0.717, 1.165) is 23.2 Å². The van der Waals surface area contributed by atoms with Crippen LogP contribution in [-0.4, -0.2) is 14.9 Å². The highest BCUT2D eigenvalue weighted by molar-refractivity contribution is 5.25. The molecule has 0 saturated heterocycles. The van der Waals surface area contributed by atoms with E-state index < -0.39 is 23.6 Å². The van der Waals surface area contributed by atoms with E-state index in [1.165, 1.54) is 12.1 Å². The van der Waals surface area contributed by atoms with Crippen molar-refractivity contribution in [2.75, 3.05) is 0 Å². The second kappa shape index (κ2) is 6.35. The van der Waals surface area contributed by atoms with Gasteiger partial charge in [-0.25, -0.2) is 4.79 Å². The molecule has 1 heterocycles. The molecule has 1 N–H and O–H groups in total. The maximum Gasteiger partial charge on any atom is 0.437 e. The molecule has 0 aliphatic heterocycles. The molecule has 5 nitrogen and oxygen atoms in total. The first kappa shape index (κ1) is 16.3. The summed E-state index contributed by atoms with van der Waals surface area (Å²) in [5.74, 6) is -0.429. The van der Waals surface area contributed by atoms with Gasteiger partial charge in [-0.05, 0) is 24.1 Å². The van der Waals surface area contributed by atoms with E-state index in [2.05, 4.69) is 5.10 Å². The number of aliphatic hydroxyl groups excluding tert-OH is 1. The van der Waals surface area contributed by atoms with E-state index in [0.29, 0.717) is 6.42 Å². The molecule has 0 saturated carbocycles. The Morgan fingerprint density at radius 3 is 2.50 bits per heavy atom. The first-order valence-corrected chi connectivity index (χ1v) is 6.73. The van der Waals surface area contributed by atoms with Crippen molar-refractivity contribution >= 4 is 0 Å². The number of aliphatic hydroxyl groups is 1. The fourth-order valence-electron chi connectivity index (χ4n) is 1.94. The van der Waals surface area contributed by atoms with Crippen LogP contribution in [0, 0.1) is 0 Å². The van der Waals surface area contributed by atoms with Crippen LogP contribution in [-0.2, 0) is 19.1 Å². The number of hydrogen-bond donors (Lipinski definition) is 1. The molecule has 8 heteroatoms. The molecule has 1 unspecified atom stereocenters. The summed E-state index contributed by atoms with van der Waals surface area (Å²) < 4.78 is 43.3. The summed E-state index contributed by atoms with van der Waals surface area (Å²) in [7, 11) is 0. The van der Waals surface area contributed by atoms with Gasteiger partial charge in [0, 0.05) is 6.42 Å². The van der Waals surface area contributed by atoms with Gasteiger partial charge in [0.25, 0.3) is 0 Å². The minimum Gasteiger partial charge on any atom is -0.392 e. The molecule has 0 amide bonds. The summed E-state index contributed by atoms with van der Waals surface area (Å²) in [6, 6.07) is 4.11. The minimum absolute atomic E-state index is 0.183. The first-order chi connectivity index (χ1) is 10.3. The SMILES string of the molecule is CCCc1nn(CC(O)c2ccc(C(F)(F)F)cc2)c(=O)o1. The number of alkyl halides is 3. The monoisotopic (exact) mass is 316 g/mol. The minimum atomic E-state index is -4.43. The van der Waals surface area contributed by atoms with Gasteiger partial charge in [0.1, 0.15) is 0 Å². The van der Waals surface area contributed by atoms with Gasteiger partial charge in [-0.2, -0.15) is 17.9 Å². The van der Waals surface area contributed by atoms with Crippen LogP contribution in [0.2, 0.25) is 0 Å². The lowest BCUT2D eigenvalue weighted by atomic mass is 10.1. The van der Waals surface area contributed by atoms with Crippen LogP contribution in [0.4, 0.5) is 13.2 Å². The zero-order valence-electron chi connectivity index (χ0n) is 11.8. The van der Waals surface area contributed by atoms with E-state index in [4.69, 9.17) is 4.42 Å². The summed E-state index contributed by atoms with van der Waals surface area (Å²) in [5, 5.41) is 13.9. The normalized spacial score (nSPS) is 13.3. The molecule has 120 valence electrons. The molecule has 0 radical (unpaired) electrons. The molecule has 1 aromatic heterocycles. The summed E-state index contributed by atoms with van der Waals surface area (Å²) in [6.45, 7) is 1.72. The molecule has 1 aromatic carbocycles. The number of aryl methyl sites for hydroxylation is 1. The second-order valence-corrected chi connectivity index (χ2v) is 4.83. The van der Waals surface area contributed by atoms with Crippen molar-refractivity contribution in [3.05, 3.63) is 51.8 Å². The third-order valence-corrected chi connectivity index (χ3v) is 3.08. The van der Waals surface area contributed by atoms with Gasteiger partial charge in [-0.15, -0.1) is 5.10 Å². The van der Waals surface area contributed by atoms with Gasteiger partial charge in [-0.3, -0.25) is 0 Å². The Morgan fingerprint density at radius 2 is 1.95 bits per heavy atom. The van der Waals surface area contributed by atoms with Crippen LogP contribution in [0.3, 0.4) is 0 Å².